The molecule has 1 aliphatic carbocycles. The van der Waals surface area contributed by atoms with Crippen molar-refractivity contribution >= 4 is 0 Å². The first-order valence-corrected chi connectivity index (χ1v) is 9.28. The monoisotopic (exact) mass is 345 g/mol. The number of nitrogens with one attached hydrogen (secondary N) is 1. The molecule has 2 aromatic rings. The Bertz CT molecular complexity index is 706. The third-order valence-electron chi connectivity index (χ3n) is 5.56. The Balaban J connectivity index is 1.50. The lowest BCUT2D eigenvalue weighted by molar-refractivity contribution is 0.128. The van der Waals surface area contributed by atoms with E-state index in [9.17, 15) is 0 Å². The van der Waals surface area contributed by atoms with Gasteiger partial charge in [-0.3, -0.25) is 10.00 Å². The van der Waals surface area contributed by atoms with Crippen LogP contribution in [0.1, 0.15) is 73.8 Å². The third-order valence-corrected chi connectivity index (χ3v) is 5.56. The molecule has 1 aliphatic heterocycles. The fraction of sp³-hybridized carbons (Fsp3) is 0.765. The second kappa shape index (κ2) is 7.21. The van der Waals surface area contributed by atoms with E-state index >= 15 is 0 Å². The van der Waals surface area contributed by atoms with Crippen LogP contribution in [0.25, 0.3) is 0 Å². The molecule has 4 rings (SSSR count). The normalized spacial score (nSPS) is 22.2. The quantitative estimate of drug-likeness (QED) is 0.863. The van der Waals surface area contributed by atoms with E-state index in [1.54, 1.807) is 7.11 Å². The standard InChI is InChI=1S/C17H27N7O/c1-23-15(20-22-17(23)12-6-5-7-12)10-24-9-4-3-8-13(24)16-18-14(11-25-2)19-21-16/h12-13H,3-11H2,1-2H3,(H,18,19,21)/t13-/m1/s1. The molecule has 25 heavy (non-hydrogen) atoms. The van der Waals surface area contributed by atoms with Crippen molar-refractivity contribution in [1.82, 2.24) is 34.8 Å². The first kappa shape index (κ1) is 16.7. The highest BCUT2D eigenvalue weighted by Crippen LogP contribution is 2.35. The van der Waals surface area contributed by atoms with E-state index in [-0.39, 0.29) is 6.04 Å². The second-order valence-corrected chi connectivity index (χ2v) is 7.22. The summed E-state index contributed by atoms with van der Waals surface area (Å²) in [5.74, 6) is 4.45. The average Bonchev–Trinajstić information content (AvgIpc) is 3.16. The van der Waals surface area contributed by atoms with Crippen LogP contribution < -0.4 is 0 Å². The maximum Gasteiger partial charge on any atom is 0.167 e. The highest BCUT2D eigenvalue weighted by molar-refractivity contribution is 5.06. The predicted octanol–water partition coefficient (Wildman–Crippen LogP) is 2.07. The van der Waals surface area contributed by atoms with Crippen LogP contribution in [-0.2, 0) is 24.9 Å². The lowest BCUT2D eigenvalue weighted by atomic mass is 9.85. The maximum absolute atomic E-state index is 5.14. The third kappa shape index (κ3) is 3.32. The summed E-state index contributed by atoms with van der Waals surface area (Å²) >= 11 is 0. The number of likely N-dealkylation sites (tertiary alicyclic amines) is 1. The van der Waals surface area contributed by atoms with Crippen LogP contribution in [0, 0.1) is 0 Å². The van der Waals surface area contributed by atoms with Gasteiger partial charge in [0.25, 0.3) is 0 Å². The summed E-state index contributed by atoms with van der Waals surface area (Å²) in [5, 5.41) is 16.4. The Hall–Kier alpha value is -1.80. The molecule has 0 amide bonds. The van der Waals surface area contributed by atoms with Crippen LogP contribution in [0.3, 0.4) is 0 Å². The van der Waals surface area contributed by atoms with Crippen molar-refractivity contribution in [1.29, 1.82) is 0 Å². The van der Waals surface area contributed by atoms with Crippen LogP contribution in [0.2, 0.25) is 0 Å². The van der Waals surface area contributed by atoms with E-state index in [0.29, 0.717) is 12.5 Å². The zero-order valence-corrected chi connectivity index (χ0v) is 15.1. The second-order valence-electron chi connectivity index (χ2n) is 7.22. The molecule has 2 fully saturated rings. The Morgan fingerprint density at radius 3 is 2.80 bits per heavy atom. The van der Waals surface area contributed by atoms with Gasteiger partial charge in [0.05, 0.1) is 12.6 Å². The topological polar surface area (TPSA) is 84.8 Å². The summed E-state index contributed by atoms with van der Waals surface area (Å²) < 4.78 is 7.34. The van der Waals surface area contributed by atoms with Crippen LogP contribution in [0.4, 0.5) is 0 Å². The molecule has 8 nitrogen and oxygen atoms in total. The number of methoxy groups -OCH3 is 1. The minimum atomic E-state index is 0.236. The van der Waals surface area contributed by atoms with Crippen molar-refractivity contribution in [3.8, 4) is 0 Å². The van der Waals surface area contributed by atoms with Gasteiger partial charge in [0, 0.05) is 20.1 Å². The molecule has 1 N–H and O–H groups in total. The van der Waals surface area contributed by atoms with Crippen molar-refractivity contribution in [2.24, 2.45) is 7.05 Å². The smallest absolute Gasteiger partial charge is 0.167 e. The maximum atomic E-state index is 5.14. The van der Waals surface area contributed by atoms with Crippen molar-refractivity contribution in [2.75, 3.05) is 13.7 Å². The molecular formula is C17H27N7O. The van der Waals surface area contributed by atoms with Gasteiger partial charge in [0.1, 0.15) is 18.3 Å². The molecule has 2 aliphatic rings. The Morgan fingerprint density at radius 1 is 1.16 bits per heavy atom. The number of aromatic amines is 1. The van der Waals surface area contributed by atoms with Gasteiger partial charge in [-0.15, -0.1) is 10.2 Å². The number of rotatable bonds is 6. The largest absolute Gasteiger partial charge is 0.377 e. The number of hydrogen-bond acceptors (Lipinski definition) is 6. The first-order valence-electron chi connectivity index (χ1n) is 9.28. The minimum absolute atomic E-state index is 0.236. The molecule has 1 saturated heterocycles. The molecule has 0 aromatic carbocycles. The van der Waals surface area contributed by atoms with E-state index in [0.717, 1.165) is 42.8 Å². The predicted molar refractivity (Wildman–Crippen MR) is 91.7 cm³/mol. The van der Waals surface area contributed by atoms with E-state index in [1.807, 2.05) is 0 Å². The molecule has 0 bridgehead atoms. The van der Waals surface area contributed by atoms with Crippen molar-refractivity contribution in [2.45, 2.75) is 63.6 Å². The van der Waals surface area contributed by atoms with Gasteiger partial charge < -0.3 is 9.30 Å². The van der Waals surface area contributed by atoms with Gasteiger partial charge in [-0.2, -0.15) is 5.10 Å². The number of ether oxygens (including phenoxy) is 1. The molecule has 0 radical (unpaired) electrons. The van der Waals surface area contributed by atoms with Crippen LogP contribution >= 0.6 is 0 Å². The Kier molecular flexibility index (Phi) is 4.80. The molecule has 2 aromatic heterocycles. The zero-order chi connectivity index (χ0) is 17.2. The summed E-state index contributed by atoms with van der Waals surface area (Å²) in [6, 6.07) is 0.236. The SMILES string of the molecule is COCc1nc([C@H]2CCCCN2Cc2nnc(C3CCC3)n2C)n[nH]1. The van der Waals surface area contributed by atoms with Gasteiger partial charge in [-0.25, -0.2) is 4.98 Å². The summed E-state index contributed by atoms with van der Waals surface area (Å²) in [6.07, 6.45) is 7.31. The van der Waals surface area contributed by atoms with Gasteiger partial charge in [-0.05, 0) is 32.2 Å². The fourth-order valence-corrected chi connectivity index (χ4v) is 3.85. The van der Waals surface area contributed by atoms with Crippen molar-refractivity contribution in [3.05, 3.63) is 23.3 Å². The van der Waals surface area contributed by atoms with Gasteiger partial charge in [-0.1, -0.05) is 12.8 Å². The molecule has 3 heterocycles. The van der Waals surface area contributed by atoms with E-state index in [1.165, 1.54) is 32.1 Å². The highest BCUT2D eigenvalue weighted by Gasteiger charge is 2.30. The van der Waals surface area contributed by atoms with Crippen LogP contribution in [0.5, 0.6) is 0 Å². The summed E-state index contributed by atoms with van der Waals surface area (Å²) in [6.45, 7) is 2.31. The number of hydrogen-bond donors (Lipinski definition) is 1. The molecule has 0 spiro atoms. The summed E-state index contributed by atoms with van der Waals surface area (Å²) in [7, 11) is 3.77. The molecule has 136 valence electrons. The summed E-state index contributed by atoms with van der Waals surface area (Å²) in [4.78, 5) is 7.06. The lowest BCUT2D eigenvalue weighted by Gasteiger charge is -2.33. The Morgan fingerprint density at radius 2 is 2.04 bits per heavy atom. The van der Waals surface area contributed by atoms with Crippen molar-refractivity contribution < 1.29 is 4.74 Å². The highest BCUT2D eigenvalue weighted by atomic mass is 16.5. The van der Waals surface area contributed by atoms with Crippen molar-refractivity contribution in [3.63, 3.8) is 0 Å². The van der Waals surface area contributed by atoms with E-state index in [4.69, 9.17) is 4.74 Å². The Labute approximate surface area is 148 Å². The molecule has 0 unspecified atom stereocenters. The van der Waals surface area contributed by atoms with Crippen LogP contribution in [-0.4, -0.2) is 48.5 Å². The van der Waals surface area contributed by atoms with E-state index in [2.05, 4.69) is 41.9 Å². The number of nitrogens with zero attached hydrogens (tertiary/aromatic N) is 6. The lowest BCUT2D eigenvalue weighted by Crippen LogP contribution is -2.34. The van der Waals surface area contributed by atoms with Crippen LogP contribution in [0.15, 0.2) is 0 Å². The summed E-state index contributed by atoms with van der Waals surface area (Å²) in [5.41, 5.74) is 0. The van der Waals surface area contributed by atoms with Gasteiger partial charge in [0.2, 0.25) is 0 Å². The minimum Gasteiger partial charge on any atom is -0.377 e. The fourth-order valence-electron chi connectivity index (χ4n) is 3.85. The van der Waals surface area contributed by atoms with Gasteiger partial charge >= 0.3 is 0 Å². The molecule has 8 heteroatoms. The molecular weight excluding hydrogens is 318 g/mol. The average molecular weight is 345 g/mol. The first-order chi connectivity index (χ1) is 12.3. The number of aromatic nitrogens is 6. The molecule has 1 saturated carbocycles. The zero-order valence-electron chi connectivity index (χ0n) is 15.1. The van der Waals surface area contributed by atoms with Gasteiger partial charge in [0.15, 0.2) is 11.6 Å². The number of H-pyrrole nitrogens is 1. The number of piperidine rings is 1. The molecule has 1 atom stereocenters. The van der Waals surface area contributed by atoms with E-state index < -0.39 is 0 Å².